The van der Waals surface area contributed by atoms with Gasteiger partial charge in [0.1, 0.15) is 5.54 Å². The summed E-state index contributed by atoms with van der Waals surface area (Å²) in [4.78, 5) is 24.7. The van der Waals surface area contributed by atoms with Crippen LogP contribution in [0.4, 0.5) is 0 Å². The smallest absolute Gasteiger partial charge is 0.339 e. The van der Waals surface area contributed by atoms with Gasteiger partial charge in [0.25, 0.3) is 5.91 Å². The molecule has 1 saturated carbocycles. The second-order valence-corrected chi connectivity index (χ2v) is 6.36. The number of nitrogens with one attached hydrogen (secondary N) is 1. The molecule has 1 atom stereocenters. The Labute approximate surface area is 153 Å². The molecular formula is C19H24N2O5. The highest BCUT2D eigenvalue weighted by atomic mass is 16.5. The first-order valence-corrected chi connectivity index (χ1v) is 8.61. The lowest BCUT2D eigenvalue weighted by atomic mass is 9.83. The van der Waals surface area contributed by atoms with E-state index in [4.69, 9.17) is 14.2 Å². The highest BCUT2D eigenvalue weighted by molar-refractivity contribution is 5.93. The van der Waals surface area contributed by atoms with Crippen molar-refractivity contribution in [1.29, 1.82) is 5.26 Å². The van der Waals surface area contributed by atoms with Crippen molar-refractivity contribution < 1.29 is 23.8 Å². The monoisotopic (exact) mass is 360 g/mol. The lowest BCUT2D eigenvalue weighted by Crippen LogP contribution is -2.52. The van der Waals surface area contributed by atoms with E-state index in [0.717, 1.165) is 19.3 Å². The van der Waals surface area contributed by atoms with Gasteiger partial charge in [0.15, 0.2) is 17.6 Å². The molecule has 0 aliphatic heterocycles. The zero-order chi connectivity index (χ0) is 19.2. The van der Waals surface area contributed by atoms with Gasteiger partial charge in [-0.05, 0) is 38.0 Å². The number of carbonyl (C=O) groups is 2. The summed E-state index contributed by atoms with van der Waals surface area (Å²) in [5.74, 6) is -0.238. The van der Waals surface area contributed by atoms with Crippen LogP contribution in [0.5, 0.6) is 11.5 Å². The van der Waals surface area contributed by atoms with Gasteiger partial charge < -0.3 is 19.5 Å². The third-order valence-corrected chi connectivity index (χ3v) is 4.56. The van der Waals surface area contributed by atoms with E-state index in [-0.39, 0.29) is 5.56 Å². The van der Waals surface area contributed by atoms with Gasteiger partial charge in [0, 0.05) is 0 Å². The van der Waals surface area contributed by atoms with Crippen molar-refractivity contribution in [3.05, 3.63) is 23.8 Å². The quantitative estimate of drug-likeness (QED) is 0.783. The first-order chi connectivity index (χ1) is 12.4. The number of methoxy groups -OCH3 is 2. The summed E-state index contributed by atoms with van der Waals surface area (Å²) in [5.41, 5.74) is -0.616. The Morgan fingerprint density at radius 2 is 1.81 bits per heavy atom. The van der Waals surface area contributed by atoms with Crippen molar-refractivity contribution in [2.45, 2.75) is 50.7 Å². The van der Waals surface area contributed by atoms with E-state index in [1.165, 1.54) is 33.3 Å². The Kier molecular flexibility index (Phi) is 6.45. The van der Waals surface area contributed by atoms with Crippen LogP contribution in [0.25, 0.3) is 0 Å². The molecule has 1 N–H and O–H groups in total. The number of nitrogens with zero attached hydrogens (tertiary/aromatic N) is 1. The fourth-order valence-electron chi connectivity index (χ4n) is 3.00. The van der Waals surface area contributed by atoms with E-state index in [9.17, 15) is 14.9 Å². The van der Waals surface area contributed by atoms with Crippen LogP contribution < -0.4 is 14.8 Å². The standard InChI is InChI=1S/C19H24N2O5/c1-13(17(22)21-19(12-20)9-5-4-6-10-19)26-18(23)14-7-8-15(24-2)16(11-14)25-3/h7-8,11,13H,4-6,9-10H2,1-3H3,(H,21,22)/t13-/m1/s1. The van der Waals surface area contributed by atoms with Gasteiger partial charge in [-0.15, -0.1) is 0 Å². The third-order valence-electron chi connectivity index (χ3n) is 4.56. The lowest BCUT2D eigenvalue weighted by Gasteiger charge is -2.32. The van der Waals surface area contributed by atoms with E-state index in [1.54, 1.807) is 6.07 Å². The van der Waals surface area contributed by atoms with Crippen molar-refractivity contribution in [1.82, 2.24) is 5.32 Å². The van der Waals surface area contributed by atoms with Crippen LogP contribution in [0, 0.1) is 11.3 Å². The third kappa shape index (κ3) is 4.45. The molecular weight excluding hydrogens is 336 g/mol. The molecule has 1 amide bonds. The lowest BCUT2D eigenvalue weighted by molar-refractivity contribution is -0.130. The minimum Gasteiger partial charge on any atom is -0.493 e. The molecule has 140 valence electrons. The number of hydrogen-bond donors (Lipinski definition) is 1. The maximum absolute atomic E-state index is 12.4. The molecule has 0 saturated heterocycles. The molecule has 26 heavy (non-hydrogen) atoms. The summed E-state index contributed by atoms with van der Waals surface area (Å²) in [6, 6.07) is 6.83. The molecule has 1 aromatic rings. The maximum Gasteiger partial charge on any atom is 0.339 e. The number of nitriles is 1. The van der Waals surface area contributed by atoms with Crippen LogP contribution in [0.3, 0.4) is 0 Å². The molecule has 7 nitrogen and oxygen atoms in total. The largest absolute Gasteiger partial charge is 0.493 e. The minimum absolute atomic E-state index is 0.245. The van der Waals surface area contributed by atoms with E-state index in [2.05, 4.69) is 11.4 Å². The Hall–Kier alpha value is -2.75. The molecule has 1 fully saturated rings. The number of esters is 1. The summed E-state index contributed by atoms with van der Waals surface area (Å²) in [6.07, 6.45) is 3.07. The van der Waals surface area contributed by atoms with Gasteiger partial charge in [-0.2, -0.15) is 5.26 Å². The topological polar surface area (TPSA) is 97.6 Å². The predicted molar refractivity (Wildman–Crippen MR) is 94.0 cm³/mol. The molecule has 2 rings (SSSR count). The SMILES string of the molecule is COc1ccc(C(=O)O[C@H](C)C(=O)NC2(C#N)CCCCC2)cc1OC. The average molecular weight is 360 g/mol. The van der Waals surface area contributed by atoms with Crippen LogP contribution in [0.2, 0.25) is 0 Å². The van der Waals surface area contributed by atoms with E-state index >= 15 is 0 Å². The Morgan fingerprint density at radius 1 is 1.15 bits per heavy atom. The van der Waals surface area contributed by atoms with Crippen LogP contribution in [-0.4, -0.2) is 37.7 Å². The molecule has 0 heterocycles. The normalized spacial score (nSPS) is 16.7. The zero-order valence-corrected chi connectivity index (χ0v) is 15.3. The summed E-state index contributed by atoms with van der Waals surface area (Å²) in [5, 5.41) is 12.2. The van der Waals surface area contributed by atoms with Crippen molar-refractivity contribution in [2.75, 3.05) is 14.2 Å². The molecule has 0 unspecified atom stereocenters. The molecule has 0 spiro atoms. The maximum atomic E-state index is 12.4. The summed E-state index contributed by atoms with van der Waals surface area (Å²) < 4.78 is 15.5. The molecule has 0 aromatic heterocycles. The zero-order valence-electron chi connectivity index (χ0n) is 15.3. The number of carbonyl (C=O) groups excluding carboxylic acids is 2. The summed E-state index contributed by atoms with van der Waals surface area (Å²) in [7, 11) is 2.97. The fraction of sp³-hybridized carbons (Fsp3) is 0.526. The number of benzene rings is 1. The number of rotatable bonds is 6. The van der Waals surface area contributed by atoms with E-state index in [0.29, 0.717) is 24.3 Å². The number of amides is 1. The fourth-order valence-corrected chi connectivity index (χ4v) is 3.00. The average Bonchev–Trinajstić information content (AvgIpc) is 2.67. The van der Waals surface area contributed by atoms with Crippen molar-refractivity contribution in [3.8, 4) is 17.6 Å². The van der Waals surface area contributed by atoms with Crippen LogP contribution in [0.1, 0.15) is 49.4 Å². The highest BCUT2D eigenvalue weighted by Gasteiger charge is 2.35. The van der Waals surface area contributed by atoms with Crippen LogP contribution in [-0.2, 0) is 9.53 Å². The Bertz CT molecular complexity index is 704. The highest BCUT2D eigenvalue weighted by Crippen LogP contribution is 2.29. The van der Waals surface area contributed by atoms with Crippen molar-refractivity contribution >= 4 is 11.9 Å². The molecule has 1 aliphatic rings. The second-order valence-electron chi connectivity index (χ2n) is 6.36. The molecule has 1 aliphatic carbocycles. The van der Waals surface area contributed by atoms with Gasteiger partial charge in [-0.3, -0.25) is 4.79 Å². The van der Waals surface area contributed by atoms with Gasteiger partial charge in [0.05, 0.1) is 25.9 Å². The first-order valence-electron chi connectivity index (χ1n) is 8.61. The molecule has 7 heteroatoms. The van der Waals surface area contributed by atoms with Crippen molar-refractivity contribution in [3.63, 3.8) is 0 Å². The van der Waals surface area contributed by atoms with E-state index in [1.807, 2.05) is 0 Å². The number of hydrogen-bond acceptors (Lipinski definition) is 6. The van der Waals surface area contributed by atoms with Gasteiger partial charge in [-0.1, -0.05) is 19.3 Å². The predicted octanol–water partition coefficient (Wildman–Crippen LogP) is 2.59. The minimum atomic E-state index is -1.01. The first kappa shape index (κ1) is 19.6. The van der Waals surface area contributed by atoms with Crippen LogP contribution >= 0.6 is 0 Å². The summed E-state index contributed by atoms with van der Waals surface area (Å²) >= 11 is 0. The van der Waals surface area contributed by atoms with Gasteiger partial charge in [0.2, 0.25) is 0 Å². The molecule has 0 bridgehead atoms. The molecule has 1 aromatic carbocycles. The molecule has 0 radical (unpaired) electrons. The van der Waals surface area contributed by atoms with Gasteiger partial charge >= 0.3 is 5.97 Å². The van der Waals surface area contributed by atoms with E-state index < -0.39 is 23.5 Å². The van der Waals surface area contributed by atoms with Gasteiger partial charge in [-0.25, -0.2) is 4.79 Å². The Balaban J connectivity index is 2.02. The summed E-state index contributed by atoms with van der Waals surface area (Å²) in [6.45, 7) is 1.49. The second kappa shape index (κ2) is 8.56. The van der Waals surface area contributed by atoms with Crippen molar-refractivity contribution in [2.24, 2.45) is 0 Å². The van der Waals surface area contributed by atoms with Crippen LogP contribution in [0.15, 0.2) is 18.2 Å². The number of ether oxygens (including phenoxy) is 3. The Morgan fingerprint density at radius 3 is 2.38 bits per heavy atom.